The van der Waals surface area contributed by atoms with Crippen LogP contribution in [0.1, 0.15) is 21.5 Å². The number of amides is 1. The molecule has 0 aliphatic carbocycles. The zero-order chi connectivity index (χ0) is 20.1. The lowest BCUT2D eigenvalue weighted by molar-refractivity contribution is 0.102. The smallest absolute Gasteiger partial charge is 0.258 e. The normalized spacial score (nSPS) is 10.3. The molecular weight excluding hydrogens is 356 g/mol. The molecule has 0 radical (unpaired) electrons. The van der Waals surface area contributed by atoms with Crippen LogP contribution in [0.5, 0.6) is 11.5 Å². The predicted molar refractivity (Wildman–Crippen MR) is 109 cm³/mol. The molecule has 0 saturated carbocycles. The topological polar surface area (TPSA) is 85.4 Å². The molecule has 0 unspecified atom stereocenters. The molecule has 0 aliphatic heterocycles. The zero-order valence-electron chi connectivity index (χ0n) is 16.2. The number of carbonyl (C=O) groups is 1. The summed E-state index contributed by atoms with van der Waals surface area (Å²) in [5, 5.41) is 5.97. The average Bonchev–Trinajstić information content (AvgIpc) is 2.71. The van der Waals surface area contributed by atoms with Crippen molar-refractivity contribution in [3.8, 4) is 11.5 Å². The molecular formula is C21H22N4O3. The average molecular weight is 378 g/mol. The lowest BCUT2D eigenvalue weighted by Gasteiger charge is -2.12. The third-order valence-corrected chi connectivity index (χ3v) is 4.42. The molecule has 1 heterocycles. The third kappa shape index (κ3) is 4.20. The molecule has 0 fully saturated rings. The van der Waals surface area contributed by atoms with Crippen molar-refractivity contribution in [3.05, 3.63) is 65.5 Å². The molecule has 1 amide bonds. The fourth-order valence-electron chi connectivity index (χ4n) is 2.62. The van der Waals surface area contributed by atoms with Crippen LogP contribution in [-0.4, -0.2) is 30.1 Å². The highest BCUT2D eigenvalue weighted by molar-refractivity contribution is 6.04. The van der Waals surface area contributed by atoms with Gasteiger partial charge in [0.25, 0.3) is 5.91 Å². The minimum atomic E-state index is -0.265. The van der Waals surface area contributed by atoms with Crippen LogP contribution in [-0.2, 0) is 0 Å². The van der Waals surface area contributed by atoms with Gasteiger partial charge in [0, 0.05) is 24.1 Å². The fraction of sp³-hybridized carbons (Fsp3) is 0.190. The van der Waals surface area contributed by atoms with Crippen molar-refractivity contribution in [2.24, 2.45) is 0 Å². The number of rotatable bonds is 6. The van der Waals surface area contributed by atoms with Crippen molar-refractivity contribution >= 4 is 23.2 Å². The van der Waals surface area contributed by atoms with E-state index in [1.54, 1.807) is 32.4 Å². The van der Waals surface area contributed by atoms with Crippen molar-refractivity contribution in [2.45, 2.75) is 13.8 Å². The first-order valence-electron chi connectivity index (χ1n) is 8.70. The Balaban J connectivity index is 1.75. The number of carbonyl (C=O) groups excluding carboxylic acids is 1. The van der Waals surface area contributed by atoms with Crippen molar-refractivity contribution in [2.75, 3.05) is 24.9 Å². The Hall–Kier alpha value is -3.61. The number of aromatic nitrogens is 2. The molecule has 7 heteroatoms. The molecule has 2 aromatic carbocycles. The van der Waals surface area contributed by atoms with Crippen molar-refractivity contribution in [3.63, 3.8) is 0 Å². The summed E-state index contributed by atoms with van der Waals surface area (Å²) >= 11 is 0. The van der Waals surface area contributed by atoms with E-state index >= 15 is 0 Å². The van der Waals surface area contributed by atoms with E-state index in [9.17, 15) is 4.79 Å². The summed E-state index contributed by atoms with van der Waals surface area (Å²) in [6.07, 6.45) is 2.95. The minimum absolute atomic E-state index is 0.265. The van der Waals surface area contributed by atoms with Crippen LogP contribution in [0.25, 0.3) is 0 Å². The Bertz CT molecular complexity index is 987. The molecule has 3 aromatic rings. The number of nitrogens with zero attached hydrogens (tertiary/aromatic N) is 2. The van der Waals surface area contributed by atoms with E-state index in [1.807, 2.05) is 32.0 Å². The largest absolute Gasteiger partial charge is 0.497 e. The fourth-order valence-corrected chi connectivity index (χ4v) is 2.62. The second kappa shape index (κ2) is 8.39. The third-order valence-electron chi connectivity index (χ3n) is 4.42. The first-order valence-corrected chi connectivity index (χ1v) is 8.70. The Labute approximate surface area is 163 Å². The maximum absolute atomic E-state index is 12.5. The zero-order valence-corrected chi connectivity index (χ0v) is 16.2. The van der Waals surface area contributed by atoms with Gasteiger partial charge in [-0.2, -0.15) is 0 Å². The summed E-state index contributed by atoms with van der Waals surface area (Å²) in [5.41, 5.74) is 3.94. The summed E-state index contributed by atoms with van der Waals surface area (Å²) in [6.45, 7) is 3.97. The summed E-state index contributed by atoms with van der Waals surface area (Å²) < 4.78 is 10.6. The Morgan fingerprint density at radius 2 is 1.71 bits per heavy atom. The number of ether oxygens (including phenoxy) is 2. The molecule has 0 aliphatic rings. The second-order valence-electron chi connectivity index (χ2n) is 6.19. The van der Waals surface area contributed by atoms with Gasteiger partial charge >= 0.3 is 0 Å². The number of hydrogen-bond acceptors (Lipinski definition) is 6. The molecule has 0 bridgehead atoms. The van der Waals surface area contributed by atoms with Crippen LogP contribution in [0.2, 0.25) is 0 Å². The van der Waals surface area contributed by atoms with Gasteiger partial charge in [-0.3, -0.25) is 4.79 Å². The Morgan fingerprint density at radius 3 is 2.39 bits per heavy atom. The first-order chi connectivity index (χ1) is 13.5. The van der Waals surface area contributed by atoms with Gasteiger partial charge in [0.2, 0.25) is 5.95 Å². The van der Waals surface area contributed by atoms with E-state index in [-0.39, 0.29) is 5.91 Å². The molecule has 7 nitrogen and oxygen atoms in total. The van der Waals surface area contributed by atoms with Gasteiger partial charge in [-0.05, 0) is 43.2 Å². The van der Waals surface area contributed by atoms with Crippen LogP contribution in [0.15, 0.2) is 48.8 Å². The van der Waals surface area contributed by atoms with Gasteiger partial charge in [0.1, 0.15) is 11.5 Å². The van der Waals surface area contributed by atoms with E-state index in [0.29, 0.717) is 28.7 Å². The Kier molecular flexibility index (Phi) is 5.74. The van der Waals surface area contributed by atoms with Crippen molar-refractivity contribution in [1.82, 2.24) is 9.97 Å². The van der Waals surface area contributed by atoms with Gasteiger partial charge in [-0.1, -0.05) is 12.1 Å². The van der Waals surface area contributed by atoms with E-state index < -0.39 is 0 Å². The van der Waals surface area contributed by atoms with E-state index in [4.69, 9.17) is 9.47 Å². The molecule has 2 N–H and O–H groups in total. The maximum atomic E-state index is 12.5. The monoisotopic (exact) mass is 378 g/mol. The number of aryl methyl sites for hydroxylation is 1. The number of anilines is 3. The van der Waals surface area contributed by atoms with Crippen LogP contribution in [0.3, 0.4) is 0 Å². The van der Waals surface area contributed by atoms with Gasteiger partial charge in [0.15, 0.2) is 0 Å². The lowest BCUT2D eigenvalue weighted by atomic mass is 10.1. The lowest BCUT2D eigenvalue weighted by Crippen LogP contribution is -2.14. The quantitative estimate of drug-likeness (QED) is 0.671. The van der Waals surface area contributed by atoms with Crippen LogP contribution in [0.4, 0.5) is 17.3 Å². The highest BCUT2D eigenvalue weighted by Gasteiger charge is 2.11. The number of nitrogens with one attached hydrogen (secondary N) is 2. The summed E-state index contributed by atoms with van der Waals surface area (Å²) in [7, 11) is 3.17. The minimum Gasteiger partial charge on any atom is -0.497 e. The highest BCUT2D eigenvalue weighted by atomic mass is 16.5. The van der Waals surface area contributed by atoms with Crippen molar-refractivity contribution in [1.29, 1.82) is 0 Å². The molecule has 144 valence electrons. The number of hydrogen-bond donors (Lipinski definition) is 2. The summed E-state index contributed by atoms with van der Waals surface area (Å²) in [4.78, 5) is 20.9. The second-order valence-corrected chi connectivity index (χ2v) is 6.19. The van der Waals surface area contributed by atoms with Crippen LogP contribution in [0, 0.1) is 13.8 Å². The SMILES string of the molecule is COc1ccc(OC)c(Nc2ncc(C(=O)Nc3cccc(C)c3C)cn2)c1. The highest BCUT2D eigenvalue weighted by Crippen LogP contribution is 2.30. The van der Waals surface area contributed by atoms with E-state index in [2.05, 4.69) is 20.6 Å². The summed E-state index contributed by atoms with van der Waals surface area (Å²) in [6, 6.07) is 11.1. The van der Waals surface area contributed by atoms with Crippen molar-refractivity contribution < 1.29 is 14.3 Å². The summed E-state index contributed by atoms with van der Waals surface area (Å²) in [5.74, 6) is 1.38. The van der Waals surface area contributed by atoms with Gasteiger partial charge in [0.05, 0.1) is 25.5 Å². The number of methoxy groups -OCH3 is 2. The van der Waals surface area contributed by atoms with E-state index in [0.717, 1.165) is 16.8 Å². The predicted octanol–water partition coefficient (Wildman–Crippen LogP) is 4.11. The van der Waals surface area contributed by atoms with Gasteiger partial charge in [-0.25, -0.2) is 9.97 Å². The molecule has 1 aromatic heterocycles. The molecule has 3 rings (SSSR count). The van der Waals surface area contributed by atoms with Gasteiger partial charge in [-0.15, -0.1) is 0 Å². The molecule has 0 spiro atoms. The standard InChI is InChI=1S/C21H22N4O3/c1-13-6-5-7-17(14(13)2)24-20(26)15-11-22-21(23-12-15)25-18-10-16(27-3)8-9-19(18)28-4/h5-12H,1-4H3,(H,24,26)(H,22,23,25). The van der Waals surface area contributed by atoms with Gasteiger partial charge < -0.3 is 20.1 Å². The molecule has 28 heavy (non-hydrogen) atoms. The van der Waals surface area contributed by atoms with Crippen LogP contribution >= 0.6 is 0 Å². The molecule has 0 atom stereocenters. The number of benzene rings is 2. The maximum Gasteiger partial charge on any atom is 0.258 e. The molecule has 0 saturated heterocycles. The van der Waals surface area contributed by atoms with Crippen LogP contribution < -0.4 is 20.1 Å². The first kappa shape index (κ1) is 19.2. The van der Waals surface area contributed by atoms with E-state index in [1.165, 1.54) is 12.4 Å². The Morgan fingerprint density at radius 1 is 0.964 bits per heavy atom.